The lowest BCUT2D eigenvalue weighted by atomic mass is 9.95. The summed E-state index contributed by atoms with van der Waals surface area (Å²) in [6.07, 6.45) is 6.02. The van der Waals surface area contributed by atoms with E-state index in [0.29, 0.717) is 6.04 Å². The summed E-state index contributed by atoms with van der Waals surface area (Å²) < 4.78 is 0. The van der Waals surface area contributed by atoms with Crippen LogP contribution in [-0.2, 0) is 4.79 Å². The van der Waals surface area contributed by atoms with E-state index in [-0.39, 0.29) is 11.2 Å². The Labute approximate surface area is 135 Å². The van der Waals surface area contributed by atoms with Gasteiger partial charge < -0.3 is 5.32 Å². The molecule has 0 radical (unpaired) electrons. The maximum Gasteiger partial charge on any atom is 0.233 e. The molecule has 1 N–H and O–H groups in total. The highest BCUT2D eigenvalue weighted by molar-refractivity contribution is 8.00. The highest BCUT2D eigenvalue weighted by Gasteiger charge is 2.20. The minimum absolute atomic E-state index is 0.115. The van der Waals surface area contributed by atoms with Crippen LogP contribution in [0.4, 0.5) is 0 Å². The Bertz CT molecular complexity index is 652. The Hall–Kier alpha value is -1.55. The van der Waals surface area contributed by atoms with Crippen LogP contribution >= 0.6 is 11.8 Å². The van der Waals surface area contributed by atoms with Gasteiger partial charge in [-0.3, -0.25) is 4.79 Å². The molecule has 3 rings (SSSR count). The maximum atomic E-state index is 12.3. The van der Waals surface area contributed by atoms with Crippen LogP contribution in [0.3, 0.4) is 0 Å². The van der Waals surface area contributed by atoms with Crippen molar-refractivity contribution in [2.24, 2.45) is 0 Å². The van der Waals surface area contributed by atoms with Crippen molar-refractivity contribution in [3.8, 4) is 0 Å². The number of carbonyl (C=O) groups excluding carboxylic acids is 1. The molecule has 0 aliphatic heterocycles. The molecular weight excluding hydrogens is 292 g/mol. The summed E-state index contributed by atoms with van der Waals surface area (Å²) in [6, 6.07) is 12.5. The van der Waals surface area contributed by atoms with Gasteiger partial charge in [0.05, 0.1) is 15.8 Å². The van der Waals surface area contributed by atoms with Crippen molar-refractivity contribution >= 4 is 28.6 Å². The van der Waals surface area contributed by atoms with Crippen LogP contribution in [0.5, 0.6) is 0 Å². The van der Waals surface area contributed by atoms with Crippen LogP contribution in [0.25, 0.3) is 10.9 Å². The van der Waals surface area contributed by atoms with E-state index in [9.17, 15) is 4.79 Å². The molecule has 2 aromatic rings. The van der Waals surface area contributed by atoms with Crippen molar-refractivity contribution in [2.45, 2.75) is 55.3 Å². The zero-order valence-corrected chi connectivity index (χ0v) is 13.7. The standard InChI is InChI=1S/C18H22N2OS/c1-13(18(21)19-15-8-3-2-4-9-15)22-17-12-11-14-7-5-6-10-16(14)20-17/h5-7,10-13,15H,2-4,8-9H2,1H3,(H,19,21). The lowest BCUT2D eigenvalue weighted by Gasteiger charge is -2.24. The van der Waals surface area contributed by atoms with Crippen LogP contribution < -0.4 is 5.32 Å². The number of nitrogens with one attached hydrogen (secondary N) is 1. The van der Waals surface area contributed by atoms with Crippen molar-refractivity contribution in [1.82, 2.24) is 10.3 Å². The zero-order chi connectivity index (χ0) is 15.4. The topological polar surface area (TPSA) is 42.0 Å². The summed E-state index contributed by atoms with van der Waals surface area (Å²) in [7, 11) is 0. The third kappa shape index (κ3) is 3.80. The number of aromatic nitrogens is 1. The van der Waals surface area contributed by atoms with E-state index in [0.717, 1.165) is 28.8 Å². The number of thioether (sulfide) groups is 1. The van der Waals surface area contributed by atoms with Gasteiger partial charge in [-0.05, 0) is 31.9 Å². The fourth-order valence-electron chi connectivity index (χ4n) is 2.91. The minimum atomic E-state index is -0.115. The monoisotopic (exact) mass is 314 g/mol. The summed E-state index contributed by atoms with van der Waals surface area (Å²) in [4.78, 5) is 16.9. The van der Waals surface area contributed by atoms with E-state index in [4.69, 9.17) is 0 Å². The molecule has 1 amide bonds. The van der Waals surface area contributed by atoms with Gasteiger partial charge in [-0.2, -0.15) is 0 Å². The molecule has 1 atom stereocenters. The first-order valence-corrected chi connectivity index (χ1v) is 8.93. The first kappa shape index (κ1) is 15.3. The molecule has 0 spiro atoms. The summed E-state index contributed by atoms with van der Waals surface area (Å²) in [5.74, 6) is 0.131. The highest BCUT2D eigenvalue weighted by Crippen LogP contribution is 2.25. The Morgan fingerprint density at radius 2 is 1.95 bits per heavy atom. The molecule has 1 aromatic heterocycles. The number of amides is 1. The lowest BCUT2D eigenvalue weighted by molar-refractivity contribution is -0.121. The molecule has 1 aliphatic rings. The van der Waals surface area contributed by atoms with Gasteiger partial charge >= 0.3 is 0 Å². The molecule has 4 heteroatoms. The van der Waals surface area contributed by atoms with Crippen molar-refractivity contribution in [3.05, 3.63) is 36.4 Å². The average Bonchev–Trinajstić information content (AvgIpc) is 2.55. The molecule has 116 valence electrons. The molecule has 1 aromatic carbocycles. The van der Waals surface area contributed by atoms with Crippen LogP contribution in [0.2, 0.25) is 0 Å². The van der Waals surface area contributed by atoms with Gasteiger partial charge in [0.25, 0.3) is 0 Å². The fourth-order valence-corrected chi connectivity index (χ4v) is 3.75. The van der Waals surface area contributed by atoms with E-state index in [2.05, 4.69) is 22.4 Å². The Morgan fingerprint density at radius 3 is 2.77 bits per heavy atom. The van der Waals surface area contributed by atoms with Crippen LogP contribution in [0.1, 0.15) is 39.0 Å². The predicted octanol–water partition coefficient (Wildman–Crippen LogP) is 4.16. The number of nitrogens with zero attached hydrogens (tertiary/aromatic N) is 1. The van der Waals surface area contributed by atoms with Crippen LogP contribution in [0, 0.1) is 0 Å². The number of carbonyl (C=O) groups is 1. The van der Waals surface area contributed by atoms with E-state index in [1.54, 1.807) is 0 Å². The third-order valence-corrected chi connectivity index (χ3v) is 5.23. The number of hydrogen-bond acceptors (Lipinski definition) is 3. The average molecular weight is 314 g/mol. The van der Waals surface area contributed by atoms with Crippen molar-refractivity contribution in [1.29, 1.82) is 0 Å². The van der Waals surface area contributed by atoms with Gasteiger partial charge in [-0.25, -0.2) is 4.98 Å². The number of pyridine rings is 1. The summed E-state index contributed by atoms with van der Waals surface area (Å²) in [6.45, 7) is 1.96. The summed E-state index contributed by atoms with van der Waals surface area (Å²) in [5, 5.41) is 5.11. The smallest absolute Gasteiger partial charge is 0.233 e. The van der Waals surface area contributed by atoms with Crippen molar-refractivity contribution in [2.75, 3.05) is 0 Å². The number of hydrogen-bond donors (Lipinski definition) is 1. The number of benzene rings is 1. The molecular formula is C18H22N2OS. The van der Waals surface area contributed by atoms with Gasteiger partial charge in [0, 0.05) is 11.4 Å². The molecule has 1 saturated carbocycles. The normalized spacial score (nSPS) is 17.3. The van der Waals surface area contributed by atoms with Crippen molar-refractivity contribution in [3.63, 3.8) is 0 Å². The van der Waals surface area contributed by atoms with Gasteiger partial charge in [0.15, 0.2) is 0 Å². The first-order chi connectivity index (χ1) is 10.7. The second kappa shape index (κ2) is 7.14. The van der Waals surface area contributed by atoms with Crippen LogP contribution in [0.15, 0.2) is 41.4 Å². The van der Waals surface area contributed by atoms with Gasteiger partial charge in [-0.15, -0.1) is 0 Å². The van der Waals surface area contributed by atoms with E-state index < -0.39 is 0 Å². The number of fused-ring (bicyclic) bond motifs is 1. The van der Waals surface area contributed by atoms with E-state index >= 15 is 0 Å². The molecule has 1 unspecified atom stereocenters. The molecule has 1 fully saturated rings. The second-order valence-corrected chi connectivity index (χ2v) is 7.31. The van der Waals surface area contributed by atoms with Gasteiger partial charge in [0.2, 0.25) is 5.91 Å². The molecule has 0 bridgehead atoms. The summed E-state index contributed by atoms with van der Waals surface area (Å²) >= 11 is 1.53. The largest absolute Gasteiger partial charge is 0.352 e. The number of para-hydroxylation sites is 1. The first-order valence-electron chi connectivity index (χ1n) is 8.05. The van der Waals surface area contributed by atoms with Crippen LogP contribution in [-0.4, -0.2) is 22.2 Å². The Kier molecular flexibility index (Phi) is 4.98. The number of rotatable bonds is 4. The molecule has 1 heterocycles. The van der Waals surface area contributed by atoms with Gasteiger partial charge in [-0.1, -0.05) is 55.3 Å². The zero-order valence-electron chi connectivity index (χ0n) is 12.9. The molecule has 3 nitrogen and oxygen atoms in total. The highest BCUT2D eigenvalue weighted by atomic mass is 32.2. The van der Waals surface area contributed by atoms with Gasteiger partial charge in [0.1, 0.15) is 0 Å². The molecule has 22 heavy (non-hydrogen) atoms. The third-order valence-electron chi connectivity index (χ3n) is 4.19. The lowest BCUT2D eigenvalue weighted by Crippen LogP contribution is -2.40. The fraction of sp³-hybridized carbons (Fsp3) is 0.444. The summed E-state index contributed by atoms with van der Waals surface area (Å²) in [5.41, 5.74) is 0.979. The minimum Gasteiger partial charge on any atom is -0.352 e. The predicted molar refractivity (Wildman–Crippen MR) is 92.1 cm³/mol. The Balaban J connectivity index is 1.61. The van der Waals surface area contributed by atoms with Crippen molar-refractivity contribution < 1.29 is 4.79 Å². The second-order valence-electron chi connectivity index (χ2n) is 5.95. The Morgan fingerprint density at radius 1 is 1.18 bits per heavy atom. The van der Waals surface area contributed by atoms with E-state index in [1.165, 1.54) is 31.0 Å². The molecule has 1 aliphatic carbocycles. The van der Waals surface area contributed by atoms with E-state index in [1.807, 2.05) is 31.2 Å². The molecule has 0 saturated heterocycles. The quantitative estimate of drug-likeness (QED) is 0.861. The maximum absolute atomic E-state index is 12.3. The SMILES string of the molecule is CC(Sc1ccc2ccccc2n1)C(=O)NC1CCCCC1.